The molecule has 3 heterocycles. The van der Waals surface area contributed by atoms with Crippen molar-refractivity contribution in [3.05, 3.63) is 53.2 Å². The largest absolute Gasteiger partial charge is 0.334 e. The van der Waals surface area contributed by atoms with Gasteiger partial charge in [-0.05, 0) is 18.2 Å². The molecular weight excluding hydrogens is 268 g/mol. The molecule has 0 aliphatic heterocycles. The first-order valence-electron chi connectivity index (χ1n) is 5.26. The van der Waals surface area contributed by atoms with E-state index < -0.39 is 0 Å². The van der Waals surface area contributed by atoms with Gasteiger partial charge in [-0.1, -0.05) is 5.16 Å². The van der Waals surface area contributed by atoms with Gasteiger partial charge in [0.2, 0.25) is 11.4 Å². The molecule has 0 spiro atoms. The maximum Gasteiger partial charge on any atom is 0.259 e. The zero-order valence-electron chi connectivity index (χ0n) is 9.61. The van der Waals surface area contributed by atoms with E-state index in [1.165, 1.54) is 12.3 Å². The molecule has 0 saturated carbocycles. The third kappa shape index (κ3) is 2.69. The lowest BCUT2D eigenvalue weighted by atomic mass is 10.2. The standard InChI is InChI=1S/C12H8N4O2.ClH/c17-10-6-8(3-5-14-10)11-15-12(18-16-11)9-2-1-4-13-7-9;/h1-7H,(H,14,17);1H. The molecule has 19 heavy (non-hydrogen) atoms. The van der Waals surface area contributed by atoms with Gasteiger partial charge >= 0.3 is 0 Å². The van der Waals surface area contributed by atoms with Crippen LogP contribution in [-0.4, -0.2) is 20.1 Å². The highest BCUT2D eigenvalue weighted by atomic mass is 35.5. The highest BCUT2D eigenvalue weighted by Crippen LogP contribution is 2.19. The summed E-state index contributed by atoms with van der Waals surface area (Å²) in [7, 11) is 0. The summed E-state index contributed by atoms with van der Waals surface area (Å²) in [4.78, 5) is 21.9. The van der Waals surface area contributed by atoms with Gasteiger partial charge in [-0.2, -0.15) is 4.98 Å². The molecule has 0 amide bonds. The molecule has 3 aromatic heterocycles. The summed E-state index contributed by atoms with van der Waals surface area (Å²) in [5, 5.41) is 3.84. The summed E-state index contributed by atoms with van der Waals surface area (Å²) < 4.78 is 5.13. The zero-order valence-corrected chi connectivity index (χ0v) is 10.4. The Morgan fingerprint density at radius 1 is 1.21 bits per heavy atom. The first-order chi connectivity index (χ1) is 8.83. The lowest BCUT2D eigenvalue weighted by Crippen LogP contribution is -2.02. The molecule has 3 rings (SSSR count). The van der Waals surface area contributed by atoms with E-state index in [1.54, 1.807) is 24.5 Å². The van der Waals surface area contributed by atoms with E-state index in [1.807, 2.05) is 6.07 Å². The number of halogens is 1. The summed E-state index contributed by atoms with van der Waals surface area (Å²) in [5.74, 6) is 0.748. The second-order valence-electron chi connectivity index (χ2n) is 3.61. The van der Waals surface area contributed by atoms with Crippen molar-refractivity contribution in [1.29, 1.82) is 0 Å². The van der Waals surface area contributed by atoms with Crippen molar-refractivity contribution in [1.82, 2.24) is 20.1 Å². The molecule has 0 aliphatic carbocycles. The van der Waals surface area contributed by atoms with Crippen molar-refractivity contribution in [2.45, 2.75) is 0 Å². The third-order valence-electron chi connectivity index (χ3n) is 2.37. The van der Waals surface area contributed by atoms with E-state index >= 15 is 0 Å². The predicted molar refractivity (Wildman–Crippen MR) is 70.8 cm³/mol. The van der Waals surface area contributed by atoms with Gasteiger partial charge < -0.3 is 9.51 Å². The van der Waals surface area contributed by atoms with Crippen molar-refractivity contribution in [2.24, 2.45) is 0 Å². The number of aromatic amines is 1. The van der Waals surface area contributed by atoms with E-state index in [4.69, 9.17) is 4.52 Å². The first-order valence-corrected chi connectivity index (χ1v) is 5.26. The number of H-pyrrole nitrogens is 1. The maximum atomic E-state index is 11.2. The Morgan fingerprint density at radius 3 is 2.84 bits per heavy atom. The van der Waals surface area contributed by atoms with Crippen molar-refractivity contribution < 1.29 is 4.52 Å². The van der Waals surface area contributed by atoms with Crippen molar-refractivity contribution >= 4 is 12.4 Å². The Morgan fingerprint density at radius 2 is 2.11 bits per heavy atom. The maximum absolute atomic E-state index is 11.2. The van der Waals surface area contributed by atoms with Crippen LogP contribution in [0.3, 0.4) is 0 Å². The number of aromatic nitrogens is 4. The van der Waals surface area contributed by atoms with Gasteiger partial charge in [-0.15, -0.1) is 12.4 Å². The highest BCUT2D eigenvalue weighted by Gasteiger charge is 2.10. The van der Waals surface area contributed by atoms with Gasteiger partial charge in [0.1, 0.15) is 0 Å². The van der Waals surface area contributed by atoms with E-state index in [9.17, 15) is 4.79 Å². The van der Waals surface area contributed by atoms with Gasteiger partial charge in [0.05, 0.1) is 5.56 Å². The minimum atomic E-state index is -0.208. The molecule has 1 N–H and O–H groups in total. The predicted octanol–water partition coefficient (Wildman–Crippen LogP) is 1.91. The lowest BCUT2D eigenvalue weighted by molar-refractivity contribution is 0.432. The SMILES string of the molecule is Cl.O=c1cc(-c2noc(-c3cccnc3)n2)cc[nH]1. The molecule has 0 saturated heterocycles. The molecule has 3 aromatic rings. The summed E-state index contributed by atoms with van der Waals surface area (Å²) >= 11 is 0. The molecule has 0 fully saturated rings. The van der Waals surface area contributed by atoms with Crippen LogP contribution in [-0.2, 0) is 0 Å². The average molecular weight is 277 g/mol. The van der Waals surface area contributed by atoms with Gasteiger partial charge in [0.15, 0.2) is 0 Å². The van der Waals surface area contributed by atoms with Crippen LogP contribution in [0.15, 0.2) is 52.2 Å². The molecule has 0 unspecified atom stereocenters. The third-order valence-corrected chi connectivity index (χ3v) is 2.37. The molecule has 0 aliphatic rings. The van der Waals surface area contributed by atoms with Gasteiger partial charge in [-0.25, -0.2) is 0 Å². The second kappa shape index (κ2) is 5.45. The Bertz CT molecular complexity index is 724. The minimum absolute atomic E-state index is 0. The molecule has 0 atom stereocenters. The highest BCUT2D eigenvalue weighted by molar-refractivity contribution is 5.85. The Balaban J connectivity index is 0.00000133. The number of rotatable bonds is 2. The van der Waals surface area contributed by atoms with Crippen LogP contribution in [0.4, 0.5) is 0 Å². The summed E-state index contributed by atoms with van der Waals surface area (Å²) in [5.41, 5.74) is 1.14. The van der Waals surface area contributed by atoms with E-state index in [0.717, 1.165) is 5.56 Å². The molecule has 7 heteroatoms. The van der Waals surface area contributed by atoms with Crippen molar-refractivity contribution in [3.63, 3.8) is 0 Å². The summed E-state index contributed by atoms with van der Waals surface area (Å²) in [6, 6.07) is 6.73. The molecule has 0 radical (unpaired) electrons. The topological polar surface area (TPSA) is 84.7 Å². The van der Waals surface area contributed by atoms with Gasteiger partial charge in [0, 0.05) is 30.2 Å². The minimum Gasteiger partial charge on any atom is -0.334 e. The quantitative estimate of drug-likeness (QED) is 0.773. The van der Waals surface area contributed by atoms with E-state index in [-0.39, 0.29) is 18.0 Å². The van der Waals surface area contributed by atoms with E-state index in [0.29, 0.717) is 17.3 Å². The first kappa shape index (κ1) is 13.0. The molecule has 96 valence electrons. The van der Waals surface area contributed by atoms with Crippen LogP contribution in [0.2, 0.25) is 0 Å². The number of hydrogen-bond donors (Lipinski definition) is 1. The van der Waals surface area contributed by atoms with Crippen molar-refractivity contribution in [2.75, 3.05) is 0 Å². The smallest absolute Gasteiger partial charge is 0.259 e. The van der Waals surface area contributed by atoms with Crippen LogP contribution in [0.1, 0.15) is 0 Å². The van der Waals surface area contributed by atoms with Crippen LogP contribution in [0, 0.1) is 0 Å². The fourth-order valence-corrected chi connectivity index (χ4v) is 1.53. The number of hydrogen-bond acceptors (Lipinski definition) is 5. The van der Waals surface area contributed by atoms with Crippen LogP contribution in [0.5, 0.6) is 0 Å². The van der Waals surface area contributed by atoms with Crippen LogP contribution in [0.25, 0.3) is 22.8 Å². The molecular formula is C12H9ClN4O2. The normalized spacial score (nSPS) is 9.89. The van der Waals surface area contributed by atoms with E-state index in [2.05, 4.69) is 20.1 Å². The van der Waals surface area contributed by atoms with Gasteiger partial charge in [-0.3, -0.25) is 9.78 Å². The zero-order chi connectivity index (χ0) is 12.4. The van der Waals surface area contributed by atoms with Crippen LogP contribution >= 0.6 is 12.4 Å². The molecule has 0 bridgehead atoms. The number of pyridine rings is 2. The average Bonchev–Trinajstić information content (AvgIpc) is 2.89. The Labute approximate surface area is 113 Å². The fraction of sp³-hybridized carbons (Fsp3) is 0. The molecule has 6 nitrogen and oxygen atoms in total. The lowest BCUT2D eigenvalue weighted by Gasteiger charge is -1.91. The number of nitrogens with zero attached hydrogens (tertiary/aromatic N) is 3. The monoisotopic (exact) mass is 276 g/mol. The fourth-order valence-electron chi connectivity index (χ4n) is 1.53. The number of nitrogens with one attached hydrogen (secondary N) is 1. The molecule has 0 aromatic carbocycles. The Hall–Kier alpha value is -2.47. The summed E-state index contributed by atoms with van der Waals surface area (Å²) in [6.07, 6.45) is 4.84. The van der Waals surface area contributed by atoms with Gasteiger partial charge in [0.25, 0.3) is 5.89 Å². The second-order valence-corrected chi connectivity index (χ2v) is 3.61. The Kier molecular flexibility index (Phi) is 3.72. The summed E-state index contributed by atoms with van der Waals surface area (Å²) in [6.45, 7) is 0. The van der Waals surface area contributed by atoms with Crippen LogP contribution < -0.4 is 5.56 Å². The van der Waals surface area contributed by atoms with Crippen molar-refractivity contribution in [3.8, 4) is 22.8 Å².